The highest BCUT2D eigenvalue weighted by atomic mass is 15.0. The summed E-state index contributed by atoms with van der Waals surface area (Å²) in [6.45, 7) is 7.70. The van der Waals surface area contributed by atoms with E-state index in [9.17, 15) is 0 Å². The number of nitrogens with zero attached hydrogens (tertiary/aromatic N) is 1. The predicted octanol–water partition coefficient (Wildman–Crippen LogP) is 3.89. The van der Waals surface area contributed by atoms with E-state index in [0.717, 1.165) is 30.2 Å². The maximum Gasteiger partial charge on any atom is 0.108 e. The Morgan fingerprint density at radius 3 is 2.76 bits per heavy atom. The van der Waals surface area contributed by atoms with Crippen molar-refractivity contribution in [1.82, 2.24) is 15.3 Å². The Labute approximate surface area is 127 Å². The lowest BCUT2D eigenvalue weighted by Gasteiger charge is -2.29. The molecule has 1 aliphatic carbocycles. The van der Waals surface area contributed by atoms with Gasteiger partial charge in [0.05, 0.1) is 11.0 Å². The van der Waals surface area contributed by atoms with Crippen LogP contribution in [0.25, 0.3) is 11.0 Å². The van der Waals surface area contributed by atoms with E-state index in [0.29, 0.717) is 6.04 Å². The number of rotatable bonds is 4. The summed E-state index contributed by atoms with van der Waals surface area (Å²) in [4.78, 5) is 8.18. The van der Waals surface area contributed by atoms with Crippen LogP contribution in [0.5, 0.6) is 0 Å². The zero-order valence-corrected chi connectivity index (χ0v) is 13.5. The molecule has 1 fully saturated rings. The first kappa shape index (κ1) is 14.6. The highest BCUT2D eigenvalue weighted by molar-refractivity contribution is 5.77. The molecule has 1 heterocycles. The fourth-order valence-electron chi connectivity index (χ4n) is 3.44. The minimum atomic E-state index is 0.701. The van der Waals surface area contributed by atoms with Crippen molar-refractivity contribution in [2.75, 3.05) is 6.54 Å². The lowest BCUT2D eigenvalue weighted by atomic mass is 9.86. The number of imidazole rings is 1. The molecule has 3 heteroatoms. The van der Waals surface area contributed by atoms with Crippen molar-refractivity contribution in [3.05, 3.63) is 29.1 Å². The molecule has 0 amide bonds. The Morgan fingerprint density at radius 1 is 1.19 bits per heavy atom. The van der Waals surface area contributed by atoms with Gasteiger partial charge < -0.3 is 10.3 Å². The molecule has 2 N–H and O–H groups in total. The van der Waals surface area contributed by atoms with Crippen LogP contribution in [0.15, 0.2) is 12.1 Å². The van der Waals surface area contributed by atoms with Gasteiger partial charge in [0.25, 0.3) is 0 Å². The molecule has 0 radical (unpaired) electrons. The molecule has 1 saturated carbocycles. The minimum Gasteiger partial charge on any atom is -0.342 e. The summed E-state index contributed by atoms with van der Waals surface area (Å²) in [6, 6.07) is 5.09. The number of hydrogen-bond donors (Lipinski definition) is 2. The van der Waals surface area contributed by atoms with Crippen molar-refractivity contribution in [2.24, 2.45) is 5.92 Å². The van der Waals surface area contributed by atoms with Crippen molar-refractivity contribution in [1.29, 1.82) is 0 Å². The molecule has 1 aromatic carbocycles. The molecule has 114 valence electrons. The summed E-state index contributed by atoms with van der Waals surface area (Å²) in [5, 5.41) is 3.73. The first-order valence-corrected chi connectivity index (χ1v) is 8.32. The van der Waals surface area contributed by atoms with Crippen molar-refractivity contribution in [2.45, 2.75) is 58.9 Å². The standard InChI is InChI=1S/C18H27N3/c1-12-6-4-5-7-15(12)19-9-8-18-20-16-10-13(2)14(3)11-17(16)21-18/h10-12,15,19H,4-9H2,1-3H3,(H,20,21). The van der Waals surface area contributed by atoms with E-state index in [2.05, 4.69) is 43.2 Å². The lowest BCUT2D eigenvalue weighted by Crippen LogP contribution is -2.38. The largest absolute Gasteiger partial charge is 0.342 e. The number of aromatic amines is 1. The molecule has 0 saturated heterocycles. The molecule has 2 aromatic rings. The predicted molar refractivity (Wildman–Crippen MR) is 88.7 cm³/mol. The van der Waals surface area contributed by atoms with Crippen LogP contribution in [0.3, 0.4) is 0 Å². The van der Waals surface area contributed by atoms with E-state index >= 15 is 0 Å². The molecule has 0 bridgehead atoms. The molecule has 21 heavy (non-hydrogen) atoms. The Bertz CT molecular complexity index is 575. The summed E-state index contributed by atoms with van der Waals surface area (Å²) in [7, 11) is 0. The summed E-state index contributed by atoms with van der Waals surface area (Å²) in [5.41, 5.74) is 4.90. The van der Waals surface area contributed by atoms with Crippen LogP contribution in [0.4, 0.5) is 0 Å². The third-order valence-corrected chi connectivity index (χ3v) is 5.03. The Kier molecular flexibility index (Phi) is 4.29. The summed E-state index contributed by atoms with van der Waals surface area (Å²) < 4.78 is 0. The topological polar surface area (TPSA) is 40.7 Å². The number of nitrogens with one attached hydrogen (secondary N) is 2. The Balaban J connectivity index is 1.60. The van der Waals surface area contributed by atoms with Gasteiger partial charge in [0.2, 0.25) is 0 Å². The first-order valence-electron chi connectivity index (χ1n) is 8.32. The summed E-state index contributed by atoms with van der Waals surface area (Å²) >= 11 is 0. The van der Waals surface area contributed by atoms with E-state index in [1.165, 1.54) is 42.3 Å². The molecular formula is C18H27N3. The van der Waals surface area contributed by atoms with Crippen LogP contribution >= 0.6 is 0 Å². The molecule has 1 aliphatic rings. The lowest BCUT2D eigenvalue weighted by molar-refractivity contribution is 0.282. The third-order valence-electron chi connectivity index (χ3n) is 5.03. The van der Waals surface area contributed by atoms with Crippen molar-refractivity contribution in [3.63, 3.8) is 0 Å². The number of hydrogen-bond acceptors (Lipinski definition) is 2. The highest BCUT2D eigenvalue weighted by Crippen LogP contribution is 2.23. The second-order valence-electron chi connectivity index (χ2n) is 6.71. The average Bonchev–Trinajstić information content (AvgIpc) is 2.83. The summed E-state index contributed by atoms with van der Waals surface area (Å²) in [6.07, 6.45) is 6.48. The van der Waals surface area contributed by atoms with Gasteiger partial charge in [-0.1, -0.05) is 19.8 Å². The molecule has 2 unspecified atom stereocenters. The first-order chi connectivity index (χ1) is 10.1. The number of benzene rings is 1. The van der Waals surface area contributed by atoms with E-state index in [1.807, 2.05) is 0 Å². The van der Waals surface area contributed by atoms with Gasteiger partial charge in [-0.05, 0) is 55.9 Å². The molecule has 3 nitrogen and oxygen atoms in total. The van der Waals surface area contributed by atoms with Gasteiger partial charge in [-0.2, -0.15) is 0 Å². The maximum absolute atomic E-state index is 4.72. The van der Waals surface area contributed by atoms with Crippen LogP contribution in [-0.2, 0) is 6.42 Å². The Hall–Kier alpha value is -1.35. The van der Waals surface area contributed by atoms with Crippen molar-refractivity contribution < 1.29 is 0 Å². The number of fused-ring (bicyclic) bond motifs is 1. The van der Waals surface area contributed by atoms with E-state index in [1.54, 1.807) is 0 Å². The van der Waals surface area contributed by atoms with Gasteiger partial charge in [-0.15, -0.1) is 0 Å². The quantitative estimate of drug-likeness (QED) is 0.894. The van der Waals surface area contributed by atoms with E-state index in [4.69, 9.17) is 4.98 Å². The normalized spacial score (nSPS) is 22.8. The molecule has 0 aliphatic heterocycles. The average molecular weight is 285 g/mol. The molecule has 3 rings (SSSR count). The number of aromatic nitrogens is 2. The molecule has 0 spiro atoms. The fourth-order valence-corrected chi connectivity index (χ4v) is 3.44. The van der Waals surface area contributed by atoms with Gasteiger partial charge in [-0.3, -0.25) is 0 Å². The van der Waals surface area contributed by atoms with Gasteiger partial charge >= 0.3 is 0 Å². The van der Waals surface area contributed by atoms with Gasteiger partial charge in [0, 0.05) is 19.0 Å². The van der Waals surface area contributed by atoms with E-state index in [-0.39, 0.29) is 0 Å². The van der Waals surface area contributed by atoms with Crippen LogP contribution in [0.2, 0.25) is 0 Å². The minimum absolute atomic E-state index is 0.701. The number of H-pyrrole nitrogens is 1. The van der Waals surface area contributed by atoms with Gasteiger partial charge in [0.1, 0.15) is 5.82 Å². The van der Waals surface area contributed by atoms with Crippen LogP contribution in [-0.4, -0.2) is 22.6 Å². The Morgan fingerprint density at radius 2 is 1.95 bits per heavy atom. The SMILES string of the molecule is Cc1cc2nc(CCNC3CCCCC3C)[nH]c2cc1C. The fraction of sp³-hybridized carbons (Fsp3) is 0.611. The van der Waals surface area contributed by atoms with Crippen LogP contribution in [0, 0.1) is 19.8 Å². The molecular weight excluding hydrogens is 258 g/mol. The zero-order valence-electron chi connectivity index (χ0n) is 13.5. The van der Waals surface area contributed by atoms with Crippen molar-refractivity contribution in [3.8, 4) is 0 Å². The second-order valence-corrected chi connectivity index (χ2v) is 6.71. The van der Waals surface area contributed by atoms with Crippen molar-refractivity contribution >= 4 is 11.0 Å². The number of aryl methyl sites for hydroxylation is 2. The van der Waals surface area contributed by atoms with Crippen LogP contribution < -0.4 is 5.32 Å². The molecule has 1 aromatic heterocycles. The highest BCUT2D eigenvalue weighted by Gasteiger charge is 2.20. The molecule has 2 atom stereocenters. The monoisotopic (exact) mass is 285 g/mol. The van der Waals surface area contributed by atoms with Gasteiger partial charge in [0.15, 0.2) is 0 Å². The van der Waals surface area contributed by atoms with Crippen LogP contribution in [0.1, 0.15) is 49.6 Å². The van der Waals surface area contributed by atoms with Gasteiger partial charge in [-0.25, -0.2) is 4.98 Å². The maximum atomic E-state index is 4.72. The zero-order chi connectivity index (χ0) is 14.8. The third kappa shape index (κ3) is 3.29. The second kappa shape index (κ2) is 6.18. The summed E-state index contributed by atoms with van der Waals surface area (Å²) in [5.74, 6) is 1.92. The smallest absolute Gasteiger partial charge is 0.108 e. The van der Waals surface area contributed by atoms with E-state index < -0.39 is 0 Å².